The van der Waals surface area contributed by atoms with Crippen LogP contribution in [0.5, 0.6) is 0 Å². The van der Waals surface area contributed by atoms with Crippen LogP contribution in [0.15, 0.2) is 23.1 Å². The van der Waals surface area contributed by atoms with E-state index in [0.29, 0.717) is 0 Å². The van der Waals surface area contributed by atoms with Crippen molar-refractivity contribution in [3.63, 3.8) is 0 Å². The predicted molar refractivity (Wildman–Crippen MR) is 63.4 cm³/mol. The molecule has 0 aliphatic rings. The molecule has 0 aliphatic carbocycles. The third kappa shape index (κ3) is 4.07. The van der Waals surface area contributed by atoms with E-state index in [4.69, 9.17) is 0 Å². The standard InChI is InChI=1S/C11H12FNO3S/c1-16-11(15)6-10(14)13-9-4-3-7(17-2)5-8(9)12/h3-5H,6H2,1-2H3,(H,13,14). The average molecular weight is 257 g/mol. The molecule has 1 aromatic rings. The molecule has 0 bridgehead atoms. The molecule has 17 heavy (non-hydrogen) atoms. The number of hydrogen-bond donors (Lipinski definition) is 1. The second-order valence-electron chi connectivity index (χ2n) is 3.15. The van der Waals surface area contributed by atoms with E-state index in [-0.39, 0.29) is 5.69 Å². The van der Waals surface area contributed by atoms with Gasteiger partial charge in [-0.1, -0.05) is 0 Å². The van der Waals surface area contributed by atoms with Crippen LogP contribution in [-0.4, -0.2) is 25.2 Å². The van der Waals surface area contributed by atoms with Crippen LogP contribution >= 0.6 is 11.8 Å². The predicted octanol–water partition coefficient (Wildman–Crippen LogP) is 2.05. The normalized spacial score (nSPS) is 9.82. The zero-order valence-electron chi connectivity index (χ0n) is 9.45. The van der Waals surface area contributed by atoms with Crippen molar-refractivity contribution in [2.45, 2.75) is 11.3 Å². The molecule has 92 valence electrons. The Kier molecular flexibility index (Phi) is 4.96. The van der Waals surface area contributed by atoms with E-state index in [1.165, 1.54) is 31.0 Å². The number of rotatable bonds is 4. The molecular formula is C11H12FNO3S. The fraction of sp³-hybridized carbons (Fsp3) is 0.273. The van der Waals surface area contributed by atoms with E-state index in [2.05, 4.69) is 10.1 Å². The molecule has 0 heterocycles. The fourth-order valence-corrected chi connectivity index (χ4v) is 1.55. The van der Waals surface area contributed by atoms with Gasteiger partial charge in [0.15, 0.2) is 0 Å². The molecule has 4 nitrogen and oxygen atoms in total. The summed E-state index contributed by atoms with van der Waals surface area (Å²) in [4.78, 5) is 22.9. The molecule has 6 heteroatoms. The van der Waals surface area contributed by atoms with Gasteiger partial charge in [-0.15, -0.1) is 11.8 Å². The van der Waals surface area contributed by atoms with Crippen LogP contribution in [0.3, 0.4) is 0 Å². The zero-order valence-corrected chi connectivity index (χ0v) is 10.3. The maximum Gasteiger partial charge on any atom is 0.315 e. The number of hydrogen-bond acceptors (Lipinski definition) is 4. The molecule has 0 saturated carbocycles. The second-order valence-corrected chi connectivity index (χ2v) is 4.03. The van der Waals surface area contributed by atoms with Gasteiger partial charge in [-0.05, 0) is 24.5 Å². The van der Waals surface area contributed by atoms with E-state index in [0.717, 1.165) is 4.90 Å². The quantitative estimate of drug-likeness (QED) is 0.509. The number of benzene rings is 1. The minimum atomic E-state index is -0.663. The number of amides is 1. The van der Waals surface area contributed by atoms with E-state index >= 15 is 0 Å². The number of anilines is 1. The lowest BCUT2D eigenvalue weighted by atomic mass is 10.3. The Hall–Kier alpha value is -1.56. The first kappa shape index (κ1) is 13.5. The monoisotopic (exact) mass is 257 g/mol. The highest BCUT2D eigenvalue weighted by Crippen LogP contribution is 2.21. The van der Waals surface area contributed by atoms with Crippen molar-refractivity contribution >= 4 is 29.3 Å². The molecule has 0 fully saturated rings. The van der Waals surface area contributed by atoms with Crippen molar-refractivity contribution in [1.29, 1.82) is 0 Å². The van der Waals surface area contributed by atoms with Crippen LogP contribution < -0.4 is 5.32 Å². The highest BCUT2D eigenvalue weighted by Gasteiger charge is 2.11. The molecule has 1 N–H and O–H groups in total. The summed E-state index contributed by atoms with van der Waals surface area (Å²) in [5.74, 6) is -1.80. The van der Waals surface area contributed by atoms with E-state index in [9.17, 15) is 14.0 Å². The SMILES string of the molecule is COC(=O)CC(=O)Nc1ccc(SC)cc1F. The van der Waals surface area contributed by atoms with Gasteiger partial charge in [0, 0.05) is 4.90 Å². The number of carbonyl (C=O) groups excluding carboxylic acids is 2. The third-order valence-corrected chi connectivity index (χ3v) is 2.71. The highest BCUT2D eigenvalue weighted by molar-refractivity contribution is 7.98. The Labute approximate surface area is 103 Å². The molecule has 0 radical (unpaired) electrons. The van der Waals surface area contributed by atoms with Gasteiger partial charge in [0.2, 0.25) is 5.91 Å². The molecule has 0 aliphatic heterocycles. The largest absolute Gasteiger partial charge is 0.469 e. The van der Waals surface area contributed by atoms with Crippen molar-refractivity contribution in [2.75, 3.05) is 18.7 Å². The zero-order chi connectivity index (χ0) is 12.8. The van der Waals surface area contributed by atoms with E-state index in [1.807, 2.05) is 6.26 Å². The summed E-state index contributed by atoms with van der Waals surface area (Å²) in [6, 6.07) is 4.45. The Morgan fingerprint density at radius 2 is 2.18 bits per heavy atom. The number of methoxy groups -OCH3 is 1. The number of esters is 1. The number of thioether (sulfide) groups is 1. The Balaban J connectivity index is 2.68. The Morgan fingerprint density at radius 1 is 1.47 bits per heavy atom. The van der Waals surface area contributed by atoms with E-state index in [1.54, 1.807) is 6.07 Å². The summed E-state index contributed by atoms with van der Waals surface area (Å²) in [7, 11) is 1.18. The molecule has 1 aromatic carbocycles. The smallest absolute Gasteiger partial charge is 0.315 e. The first-order chi connectivity index (χ1) is 8.06. The molecule has 0 atom stereocenters. The van der Waals surface area contributed by atoms with Crippen molar-refractivity contribution in [2.24, 2.45) is 0 Å². The molecular weight excluding hydrogens is 245 g/mol. The van der Waals surface area contributed by atoms with Gasteiger partial charge in [0.1, 0.15) is 12.2 Å². The van der Waals surface area contributed by atoms with Gasteiger partial charge >= 0.3 is 5.97 Å². The Morgan fingerprint density at radius 3 is 2.71 bits per heavy atom. The van der Waals surface area contributed by atoms with Crippen LogP contribution in [0, 0.1) is 5.82 Å². The maximum atomic E-state index is 13.5. The summed E-state index contributed by atoms with van der Waals surface area (Å²) in [6.45, 7) is 0. The summed E-state index contributed by atoms with van der Waals surface area (Å²) >= 11 is 1.40. The lowest BCUT2D eigenvalue weighted by molar-refractivity contribution is -0.142. The minimum Gasteiger partial charge on any atom is -0.469 e. The number of nitrogens with one attached hydrogen (secondary N) is 1. The number of ether oxygens (including phenoxy) is 1. The van der Waals surface area contributed by atoms with Gasteiger partial charge in [-0.2, -0.15) is 0 Å². The van der Waals surface area contributed by atoms with Crippen LogP contribution in [-0.2, 0) is 14.3 Å². The Bertz CT molecular complexity index is 437. The van der Waals surface area contributed by atoms with Gasteiger partial charge in [0.25, 0.3) is 0 Å². The molecule has 0 aromatic heterocycles. The summed E-state index contributed by atoms with van der Waals surface area (Å²) in [6.07, 6.45) is 1.39. The molecule has 0 spiro atoms. The fourth-order valence-electron chi connectivity index (χ4n) is 1.12. The van der Waals surface area contributed by atoms with Crippen molar-refractivity contribution in [3.05, 3.63) is 24.0 Å². The summed E-state index contributed by atoms with van der Waals surface area (Å²) < 4.78 is 17.8. The van der Waals surface area contributed by atoms with Crippen molar-refractivity contribution in [1.82, 2.24) is 0 Å². The number of halogens is 1. The summed E-state index contributed by atoms with van der Waals surface area (Å²) in [5, 5.41) is 2.30. The summed E-state index contributed by atoms with van der Waals surface area (Å²) in [5.41, 5.74) is 0.0525. The van der Waals surface area contributed by atoms with Crippen LogP contribution in [0.2, 0.25) is 0 Å². The van der Waals surface area contributed by atoms with Crippen LogP contribution in [0.25, 0.3) is 0 Å². The number of carbonyl (C=O) groups is 2. The van der Waals surface area contributed by atoms with E-state index < -0.39 is 24.1 Å². The van der Waals surface area contributed by atoms with Gasteiger partial charge in [-0.3, -0.25) is 9.59 Å². The lowest BCUT2D eigenvalue weighted by Crippen LogP contribution is -2.17. The first-order valence-electron chi connectivity index (χ1n) is 4.77. The lowest BCUT2D eigenvalue weighted by Gasteiger charge is -2.06. The minimum absolute atomic E-state index is 0.0525. The van der Waals surface area contributed by atoms with Crippen LogP contribution in [0.4, 0.5) is 10.1 Å². The van der Waals surface area contributed by atoms with Crippen LogP contribution in [0.1, 0.15) is 6.42 Å². The second kappa shape index (κ2) is 6.24. The molecule has 0 saturated heterocycles. The molecule has 1 amide bonds. The van der Waals surface area contributed by atoms with Crippen molar-refractivity contribution < 1.29 is 18.7 Å². The maximum absolute atomic E-state index is 13.5. The topological polar surface area (TPSA) is 55.4 Å². The van der Waals surface area contributed by atoms with Gasteiger partial charge in [-0.25, -0.2) is 4.39 Å². The third-order valence-electron chi connectivity index (χ3n) is 1.98. The molecule has 0 unspecified atom stereocenters. The van der Waals surface area contributed by atoms with Gasteiger partial charge in [0.05, 0.1) is 12.8 Å². The van der Waals surface area contributed by atoms with Crippen molar-refractivity contribution in [3.8, 4) is 0 Å². The highest BCUT2D eigenvalue weighted by atomic mass is 32.2. The molecule has 1 rings (SSSR count). The average Bonchev–Trinajstić information content (AvgIpc) is 2.31. The van der Waals surface area contributed by atoms with Gasteiger partial charge < -0.3 is 10.1 Å². The first-order valence-corrected chi connectivity index (χ1v) is 5.99.